The van der Waals surface area contributed by atoms with Gasteiger partial charge < -0.3 is 9.64 Å². The molecule has 0 aliphatic carbocycles. The fourth-order valence-corrected chi connectivity index (χ4v) is 2.07. The maximum atomic E-state index is 11.8. The van der Waals surface area contributed by atoms with Gasteiger partial charge in [-0.15, -0.1) is 0 Å². The Kier molecular flexibility index (Phi) is 4.57. The Morgan fingerprint density at radius 2 is 2.13 bits per heavy atom. The molecular formula is C10H16BrNO3. The van der Waals surface area contributed by atoms with Gasteiger partial charge in [0.1, 0.15) is 6.04 Å². The largest absolute Gasteiger partial charge is 0.467 e. The third-order valence-corrected chi connectivity index (χ3v) is 2.99. The van der Waals surface area contributed by atoms with Gasteiger partial charge in [0, 0.05) is 6.54 Å². The molecule has 86 valence electrons. The number of rotatable bonds is 2. The number of likely N-dealkylation sites (tertiary alicyclic amines) is 1. The van der Waals surface area contributed by atoms with Crippen molar-refractivity contribution in [3.8, 4) is 0 Å². The molecule has 15 heavy (non-hydrogen) atoms. The van der Waals surface area contributed by atoms with Crippen LogP contribution in [-0.4, -0.2) is 41.3 Å². The highest BCUT2D eigenvalue weighted by Crippen LogP contribution is 2.20. The summed E-state index contributed by atoms with van der Waals surface area (Å²) in [5, 5.41) is 0. The van der Waals surface area contributed by atoms with Crippen molar-refractivity contribution >= 4 is 27.8 Å². The van der Waals surface area contributed by atoms with E-state index in [-0.39, 0.29) is 16.7 Å². The molecule has 0 saturated carbocycles. The molecule has 5 heteroatoms. The summed E-state index contributed by atoms with van der Waals surface area (Å²) in [7, 11) is 1.36. The van der Waals surface area contributed by atoms with Crippen molar-refractivity contribution in [3.05, 3.63) is 0 Å². The number of methoxy groups -OCH3 is 1. The van der Waals surface area contributed by atoms with Gasteiger partial charge in [-0.25, -0.2) is 4.79 Å². The summed E-state index contributed by atoms with van der Waals surface area (Å²) in [5.41, 5.74) is 0. The molecule has 1 aliphatic heterocycles. The zero-order valence-corrected chi connectivity index (χ0v) is 10.6. The number of carbonyl (C=O) groups is 2. The number of amides is 1. The number of piperidine rings is 1. The van der Waals surface area contributed by atoms with Crippen LogP contribution in [0.1, 0.15) is 26.2 Å². The lowest BCUT2D eigenvalue weighted by Gasteiger charge is -2.34. The number of nitrogens with zero attached hydrogens (tertiary/aromatic N) is 1. The lowest BCUT2D eigenvalue weighted by Crippen LogP contribution is -2.50. The standard InChI is InChI=1S/C10H16BrNO3/c1-7(11)9(13)12-6-4-3-5-8(12)10(14)15-2/h7-8H,3-6H2,1-2H3. The minimum absolute atomic E-state index is 0.0369. The average molecular weight is 278 g/mol. The van der Waals surface area contributed by atoms with Gasteiger partial charge >= 0.3 is 5.97 Å². The summed E-state index contributed by atoms with van der Waals surface area (Å²) < 4.78 is 4.70. The Hall–Kier alpha value is -0.580. The number of hydrogen-bond donors (Lipinski definition) is 0. The number of ether oxygens (including phenoxy) is 1. The molecule has 0 radical (unpaired) electrons. The monoisotopic (exact) mass is 277 g/mol. The molecule has 1 rings (SSSR count). The molecule has 1 aliphatic rings. The normalized spacial score (nSPS) is 23.4. The first-order chi connectivity index (χ1) is 7.07. The Morgan fingerprint density at radius 3 is 2.67 bits per heavy atom. The van der Waals surface area contributed by atoms with Crippen LogP contribution < -0.4 is 0 Å². The molecule has 1 saturated heterocycles. The molecule has 2 unspecified atom stereocenters. The van der Waals surface area contributed by atoms with E-state index in [2.05, 4.69) is 15.9 Å². The third-order valence-electron chi connectivity index (χ3n) is 2.60. The number of hydrogen-bond acceptors (Lipinski definition) is 3. The minimum Gasteiger partial charge on any atom is -0.467 e. The first kappa shape index (κ1) is 12.5. The minimum atomic E-state index is -0.392. The van der Waals surface area contributed by atoms with Gasteiger partial charge in [-0.2, -0.15) is 0 Å². The fourth-order valence-electron chi connectivity index (χ4n) is 1.80. The van der Waals surface area contributed by atoms with E-state index in [4.69, 9.17) is 4.74 Å². The third kappa shape index (κ3) is 2.93. The van der Waals surface area contributed by atoms with Gasteiger partial charge in [-0.1, -0.05) is 15.9 Å². The van der Waals surface area contributed by atoms with E-state index in [1.165, 1.54) is 7.11 Å². The maximum Gasteiger partial charge on any atom is 0.328 e. The number of esters is 1. The molecule has 2 atom stereocenters. The van der Waals surface area contributed by atoms with Crippen LogP contribution in [0.2, 0.25) is 0 Å². The van der Waals surface area contributed by atoms with Gasteiger partial charge in [0.25, 0.3) is 0 Å². The van der Waals surface area contributed by atoms with Crippen molar-refractivity contribution in [1.82, 2.24) is 4.90 Å². The van der Waals surface area contributed by atoms with Gasteiger partial charge in [-0.3, -0.25) is 4.79 Å². The number of halogens is 1. The molecule has 0 aromatic carbocycles. The molecular weight excluding hydrogens is 262 g/mol. The molecule has 4 nitrogen and oxygen atoms in total. The van der Waals surface area contributed by atoms with Crippen molar-refractivity contribution in [3.63, 3.8) is 0 Å². The van der Waals surface area contributed by atoms with Crippen LogP contribution in [0.5, 0.6) is 0 Å². The Bertz CT molecular complexity index is 255. The van der Waals surface area contributed by atoms with E-state index < -0.39 is 6.04 Å². The van der Waals surface area contributed by atoms with E-state index in [9.17, 15) is 9.59 Å². The molecule has 1 amide bonds. The first-order valence-electron chi connectivity index (χ1n) is 5.10. The van der Waals surface area contributed by atoms with E-state index in [0.29, 0.717) is 13.0 Å². The molecule has 1 heterocycles. The Morgan fingerprint density at radius 1 is 1.47 bits per heavy atom. The summed E-state index contributed by atoms with van der Waals surface area (Å²) in [6, 6.07) is -0.392. The molecule has 0 aromatic heterocycles. The number of carbonyl (C=O) groups excluding carboxylic acids is 2. The van der Waals surface area contributed by atoms with Crippen molar-refractivity contribution in [2.24, 2.45) is 0 Å². The molecule has 0 aromatic rings. The smallest absolute Gasteiger partial charge is 0.328 e. The first-order valence-corrected chi connectivity index (χ1v) is 6.02. The van der Waals surface area contributed by atoms with Crippen LogP contribution in [0.4, 0.5) is 0 Å². The Labute approximate surface area is 98.1 Å². The van der Waals surface area contributed by atoms with Crippen LogP contribution in [-0.2, 0) is 14.3 Å². The Balaban J connectivity index is 2.73. The zero-order valence-electron chi connectivity index (χ0n) is 9.03. The highest BCUT2D eigenvalue weighted by Gasteiger charge is 2.33. The predicted octanol–water partition coefficient (Wildman–Crippen LogP) is 1.32. The van der Waals surface area contributed by atoms with E-state index >= 15 is 0 Å². The second-order valence-corrected chi connectivity index (χ2v) is 5.06. The van der Waals surface area contributed by atoms with Gasteiger partial charge in [-0.05, 0) is 26.2 Å². The predicted molar refractivity (Wildman–Crippen MR) is 59.8 cm³/mol. The van der Waals surface area contributed by atoms with Crippen molar-refractivity contribution in [2.45, 2.75) is 37.1 Å². The zero-order chi connectivity index (χ0) is 11.4. The van der Waals surface area contributed by atoms with E-state index in [0.717, 1.165) is 12.8 Å². The van der Waals surface area contributed by atoms with Gasteiger partial charge in [0.05, 0.1) is 11.9 Å². The molecule has 0 N–H and O–H groups in total. The summed E-state index contributed by atoms with van der Waals surface area (Å²) >= 11 is 3.23. The van der Waals surface area contributed by atoms with Crippen LogP contribution in [0.3, 0.4) is 0 Å². The summed E-state index contributed by atoms with van der Waals surface area (Å²) in [4.78, 5) is 24.6. The van der Waals surface area contributed by atoms with Crippen molar-refractivity contribution in [2.75, 3.05) is 13.7 Å². The topological polar surface area (TPSA) is 46.6 Å². The van der Waals surface area contributed by atoms with Crippen LogP contribution >= 0.6 is 15.9 Å². The lowest BCUT2D eigenvalue weighted by atomic mass is 10.0. The fraction of sp³-hybridized carbons (Fsp3) is 0.800. The second-order valence-electron chi connectivity index (χ2n) is 3.68. The molecule has 1 fully saturated rings. The summed E-state index contributed by atoms with van der Waals surface area (Å²) in [5.74, 6) is -0.346. The second kappa shape index (κ2) is 5.49. The van der Waals surface area contributed by atoms with E-state index in [1.807, 2.05) is 0 Å². The maximum absolute atomic E-state index is 11.8. The van der Waals surface area contributed by atoms with Crippen LogP contribution in [0.15, 0.2) is 0 Å². The number of alkyl halides is 1. The summed E-state index contributed by atoms with van der Waals surface area (Å²) in [6.07, 6.45) is 2.64. The highest BCUT2D eigenvalue weighted by atomic mass is 79.9. The quantitative estimate of drug-likeness (QED) is 0.565. The van der Waals surface area contributed by atoms with Gasteiger partial charge in [0.15, 0.2) is 0 Å². The van der Waals surface area contributed by atoms with Gasteiger partial charge in [0.2, 0.25) is 5.91 Å². The SMILES string of the molecule is COC(=O)C1CCCCN1C(=O)C(C)Br. The van der Waals surface area contributed by atoms with Crippen LogP contribution in [0.25, 0.3) is 0 Å². The molecule has 0 spiro atoms. The van der Waals surface area contributed by atoms with E-state index in [1.54, 1.807) is 11.8 Å². The van der Waals surface area contributed by atoms with Crippen molar-refractivity contribution < 1.29 is 14.3 Å². The van der Waals surface area contributed by atoms with Crippen molar-refractivity contribution in [1.29, 1.82) is 0 Å². The van der Waals surface area contributed by atoms with Crippen LogP contribution in [0, 0.1) is 0 Å². The lowest BCUT2D eigenvalue weighted by molar-refractivity contribution is -0.154. The summed E-state index contributed by atoms with van der Waals surface area (Å²) in [6.45, 7) is 2.42. The highest BCUT2D eigenvalue weighted by molar-refractivity contribution is 9.10. The average Bonchev–Trinajstić information content (AvgIpc) is 2.27. The molecule has 0 bridgehead atoms.